The molecule has 0 fully saturated rings. The van der Waals surface area contributed by atoms with Crippen LogP contribution in [0.2, 0.25) is 0 Å². The fourth-order valence-corrected chi connectivity index (χ4v) is 2.20. The summed E-state index contributed by atoms with van der Waals surface area (Å²) >= 11 is 3.44. The summed E-state index contributed by atoms with van der Waals surface area (Å²) in [7, 11) is 0. The number of aromatic amines is 1. The maximum Gasteiger partial charge on any atom is 0.152 e. The van der Waals surface area contributed by atoms with Crippen LogP contribution < -0.4 is 0 Å². The molecule has 1 heterocycles. The van der Waals surface area contributed by atoms with Crippen LogP contribution in [0.3, 0.4) is 0 Å². The quantitative estimate of drug-likeness (QED) is 0.812. The van der Waals surface area contributed by atoms with Gasteiger partial charge in [-0.2, -0.15) is 0 Å². The molecule has 1 aromatic heterocycles. The molecule has 0 aliphatic rings. The highest BCUT2D eigenvalue weighted by Gasteiger charge is 2.15. The van der Waals surface area contributed by atoms with Crippen molar-refractivity contribution in [2.75, 3.05) is 0 Å². The monoisotopic (exact) mass is 243 g/mol. The summed E-state index contributed by atoms with van der Waals surface area (Å²) < 4.78 is 0.925. The van der Waals surface area contributed by atoms with E-state index in [0.29, 0.717) is 5.92 Å². The van der Waals surface area contributed by atoms with E-state index in [0.717, 1.165) is 34.1 Å². The molecular weight excluding hydrogens is 230 g/mol. The number of hydrogen-bond donors (Lipinski definition) is 1. The molecule has 0 aliphatic carbocycles. The zero-order chi connectivity index (χ0) is 10.0. The summed E-state index contributed by atoms with van der Waals surface area (Å²) in [5, 5.41) is 0. The van der Waals surface area contributed by atoms with Crippen molar-refractivity contribution in [2.45, 2.75) is 33.1 Å². The summed E-state index contributed by atoms with van der Waals surface area (Å²) in [6.45, 7) is 6.19. The molecule has 72 valence electrons. The van der Waals surface area contributed by atoms with Gasteiger partial charge < -0.3 is 4.98 Å². The first-order chi connectivity index (χ1) is 6.11. The first kappa shape index (κ1) is 10.5. The lowest BCUT2D eigenvalue weighted by molar-refractivity contribution is 0.112. The Morgan fingerprint density at radius 1 is 1.62 bits per heavy atom. The van der Waals surface area contributed by atoms with Crippen molar-refractivity contribution in [3.63, 3.8) is 0 Å². The Morgan fingerprint density at radius 2 is 2.23 bits per heavy atom. The molecule has 0 spiro atoms. The maximum atomic E-state index is 10.7. The van der Waals surface area contributed by atoms with E-state index in [1.807, 2.05) is 6.92 Å². The first-order valence-corrected chi connectivity index (χ1v) is 5.24. The van der Waals surface area contributed by atoms with Gasteiger partial charge in [0.05, 0.1) is 0 Å². The molecule has 0 saturated heterocycles. The van der Waals surface area contributed by atoms with Gasteiger partial charge in [0.1, 0.15) is 0 Å². The summed E-state index contributed by atoms with van der Waals surface area (Å²) in [5.41, 5.74) is 2.81. The van der Waals surface area contributed by atoms with Crippen LogP contribution in [0, 0.1) is 6.92 Å². The minimum atomic E-state index is 0.460. The summed E-state index contributed by atoms with van der Waals surface area (Å²) in [6.07, 6.45) is 1.96. The highest BCUT2D eigenvalue weighted by molar-refractivity contribution is 9.10. The number of aryl methyl sites for hydroxylation is 1. The van der Waals surface area contributed by atoms with E-state index in [9.17, 15) is 4.79 Å². The van der Waals surface area contributed by atoms with E-state index < -0.39 is 0 Å². The van der Waals surface area contributed by atoms with Crippen molar-refractivity contribution >= 4 is 22.2 Å². The highest BCUT2D eigenvalue weighted by Crippen LogP contribution is 2.30. The molecule has 2 nitrogen and oxygen atoms in total. The lowest BCUT2D eigenvalue weighted by Gasteiger charge is -2.06. The SMILES string of the molecule is CCC(C)c1[nH]c(C)c(C=O)c1Br. The van der Waals surface area contributed by atoms with Crippen LogP contribution in [-0.2, 0) is 0 Å². The number of aromatic nitrogens is 1. The second-order valence-corrected chi connectivity index (χ2v) is 4.11. The van der Waals surface area contributed by atoms with Crippen LogP contribution in [0.25, 0.3) is 0 Å². The summed E-state index contributed by atoms with van der Waals surface area (Å²) in [5.74, 6) is 0.460. The fourth-order valence-electron chi connectivity index (χ4n) is 1.32. The molecule has 1 atom stereocenters. The van der Waals surface area contributed by atoms with Crippen molar-refractivity contribution in [2.24, 2.45) is 0 Å². The van der Waals surface area contributed by atoms with Crippen LogP contribution in [0.5, 0.6) is 0 Å². The second kappa shape index (κ2) is 4.09. The Balaban J connectivity index is 3.17. The van der Waals surface area contributed by atoms with Crippen LogP contribution >= 0.6 is 15.9 Å². The summed E-state index contributed by atoms with van der Waals surface area (Å²) in [6, 6.07) is 0. The first-order valence-electron chi connectivity index (χ1n) is 4.44. The third-order valence-corrected chi connectivity index (χ3v) is 3.28. The number of nitrogens with one attached hydrogen (secondary N) is 1. The lowest BCUT2D eigenvalue weighted by Crippen LogP contribution is -1.92. The molecule has 0 amide bonds. The fraction of sp³-hybridized carbons (Fsp3) is 0.500. The van der Waals surface area contributed by atoms with Gasteiger partial charge in [-0.1, -0.05) is 13.8 Å². The van der Waals surface area contributed by atoms with Crippen molar-refractivity contribution in [3.05, 3.63) is 21.4 Å². The van der Waals surface area contributed by atoms with Gasteiger partial charge in [0.2, 0.25) is 0 Å². The van der Waals surface area contributed by atoms with Gasteiger partial charge in [0, 0.05) is 21.4 Å². The van der Waals surface area contributed by atoms with Crippen molar-refractivity contribution < 1.29 is 4.79 Å². The Hall–Kier alpha value is -0.570. The molecule has 0 bridgehead atoms. The van der Waals surface area contributed by atoms with Crippen molar-refractivity contribution in [1.82, 2.24) is 4.98 Å². The van der Waals surface area contributed by atoms with E-state index in [2.05, 4.69) is 34.8 Å². The Bertz CT molecular complexity index is 317. The third kappa shape index (κ3) is 1.85. The van der Waals surface area contributed by atoms with Gasteiger partial charge >= 0.3 is 0 Å². The molecule has 1 unspecified atom stereocenters. The molecule has 0 aromatic carbocycles. The summed E-state index contributed by atoms with van der Waals surface area (Å²) in [4.78, 5) is 14.0. The van der Waals surface area contributed by atoms with Gasteiger partial charge in [0.25, 0.3) is 0 Å². The minimum Gasteiger partial charge on any atom is -0.361 e. The van der Waals surface area contributed by atoms with Crippen molar-refractivity contribution in [1.29, 1.82) is 0 Å². The number of carbonyl (C=O) groups excluding carboxylic acids is 1. The lowest BCUT2D eigenvalue weighted by atomic mass is 10.1. The largest absolute Gasteiger partial charge is 0.361 e. The number of rotatable bonds is 3. The van der Waals surface area contributed by atoms with Gasteiger partial charge in [-0.3, -0.25) is 4.79 Å². The Kier molecular flexibility index (Phi) is 3.31. The van der Waals surface area contributed by atoms with Gasteiger partial charge in [0.15, 0.2) is 6.29 Å². The van der Waals surface area contributed by atoms with Crippen molar-refractivity contribution in [3.8, 4) is 0 Å². The van der Waals surface area contributed by atoms with Gasteiger partial charge in [-0.25, -0.2) is 0 Å². The zero-order valence-corrected chi connectivity index (χ0v) is 9.73. The number of carbonyl (C=O) groups is 1. The standard InChI is InChI=1S/C10H14BrNO/c1-4-6(2)10-9(11)8(5-13)7(3)12-10/h5-6,12H,4H2,1-3H3. The second-order valence-electron chi connectivity index (χ2n) is 3.32. The number of halogens is 1. The predicted molar refractivity (Wildman–Crippen MR) is 57.3 cm³/mol. The maximum absolute atomic E-state index is 10.7. The molecule has 0 radical (unpaired) electrons. The third-order valence-electron chi connectivity index (χ3n) is 2.42. The molecule has 0 aliphatic heterocycles. The number of aldehydes is 1. The normalized spacial score (nSPS) is 12.9. The zero-order valence-electron chi connectivity index (χ0n) is 8.15. The smallest absolute Gasteiger partial charge is 0.152 e. The Labute approximate surface area is 86.9 Å². The van der Waals surface area contributed by atoms with E-state index in [4.69, 9.17) is 0 Å². The molecule has 3 heteroatoms. The topological polar surface area (TPSA) is 32.9 Å². The Morgan fingerprint density at radius 3 is 2.62 bits per heavy atom. The van der Waals surface area contributed by atoms with E-state index in [-0.39, 0.29) is 0 Å². The van der Waals surface area contributed by atoms with Gasteiger partial charge in [-0.15, -0.1) is 0 Å². The molecule has 0 saturated carbocycles. The van der Waals surface area contributed by atoms with E-state index >= 15 is 0 Å². The van der Waals surface area contributed by atoms with Crippen LogP contribution in [-0.4, -0.2) is 11.3 Å². The van der Waals surface area contributed by atoms with Gasteiger partial charge in [-0.05, 0) is 35.2 Å². The average molecular weight is 244 g/mol. The molecular formula is C10H14BrNO. The van der Waals surface area contributed by atoms with Crippen LogP contribution in [0.4, 0.5) is 0 Å². The van der Waals surface area contributed by atoms with Crippen LogP contribution in [0.15, 0.2) is 4.47 Å². The van der Waals surface area contributed by atoms with E-state index in [1.54, 1.807) is 0 Å². The average Bonchev–Trinajstić information content (AvgIpc) is 2.40. The van der Waals surface area contributed by atoms with Crippen LogP contribution in [0.1, 0.15) is 47.9 Å². The molecule has 13 heavy (non-hydrogen) atoms. The molecule has 1 rings (SSSR count). The highest BCUT2D eigenvalue weighted by atomic mass is 79.9. The number of H-pyrrole nitrogens is 1. The molecule has 1 N–H and O–H groups in total. The number of hydrogen-bond acceptors (Lipinski definition) is 1. The van der Waals surface area contributed by atoms with E-state index in [1.165, 1.54) is 0 Å². The molecule has 1 aromatic rings. The predicted octanol–water partition coefficient (Wildman–Crippen LogP) is 3.41. The minimum absolute atomic E-state index is 0.460.